The Balaban J connectivity index is 1.31. The van der Waals surface area contributed by atoms with Crippen molar-refractivity contribution < 1.29 is 19.1 Å². The Morgan fingerprint density at radius 3 is 2.21 bits per heavy atom. The first-order chi connectivity index (χ1) is 13.5. The predicted molar refractivity (Wildman–Crippen MR) is 102 cm³/mol. The van der Waals surface area contributed by atoms with E-state index in [9.17, 15) is 14.4 Å². The van der Waals surface area contributed by atoms with Gasteiger partial charge in [0.1, 0.15) is 11.8 Å². The normalized spacial score (nSPS) is 35.4. The van der Waals surface area contributed by atoms with Gasteiger partial charge in [0.05, 0.1) is 18.4 Å². The molecule has 146 valence electrons. The molecular weight excluding hydrogens is 356 g/mol. The highest BCUT2D eigenvalue weighted by Gasteiger charge is 2.67. The Kier molecular flexibility index (Phi) is 3.86. The van der Waals surface area contributed by atoms with Crippen LogP contribution in [0, 0.1) is 35.5 Å². The van der Waals surface area contributed by atoms with Crippen molar-refractivity contribution in [2.75, 3.05) is 11.9 Å². The van der Waals surface area contributed by atoms with E-state index < -0.39 is 6.04 Å². The van der Waals surface area contributed by atoms with Crippen LogP contribution < -0.4 is 10.1 Å². The van der Waals surface area contributed by atoms with Crippen molar-refractivity contribution in [2.24, 2.45) is 35.5 Å². The summed E-state index contributed by atoms with van der Waals surface area (Å²) < 4.78 is 5.40. The zero-order chi connectivity index (χ0) is 19.6. The Morgan fingerprint density at radius 1 is 1.11 bits per heavy atom. The van der Waals surface area contributed by atoms with E-state index in [1.165, 1.54) is 4.90 Å². The Morgan fingerprint density at radius 2 is 1.68 bits per heavy atom. The number of hydrogen-bond acceptors (Lipinski definition) is 4. The fourth-order valence-corrected chi connectivity index (χ4v) is 5.53. The highest BCUT2D eigenvalue weighted by molar-refractivity contribution is 6.10. The third kappa shape index (κ3) is 2.43. The SMILES string of the molecule is CCOc1ccc(NC(=O)[C@H](C)N2C(=O)[C@@H]3[C@H]4C=C[C@@H]([C@@H]5C[C@H]45)[C@@H]3C2=O)cc1. The fraction of sp³-hybridized carbons (Fsp3) is 0.500. The molecule has 7 atom stereocenters. The lowest BCUT2D eigenvalue weighted by Crippen LogP contribution is -2.46. The molecule has 1 aliphatic heterocycles. The van der Waals surface area contributed by atoms with Gasteiger partial charge in [-0.1, -0.05) is 12.2 Å². The van der Waals surface area contributed by atoms with Gasteiger partial charge in [-0.15, -0.1) is 0 Å². The minimum atomic E-state index is -0.826. The van der Waals surface area contributed by atoms with Crippen molar-refractivity contribution in [3.05, 3.63) is 36.4 Å². The summed E-state index contributed by atoms with van der Waals surface area (Å²) in [6.45, 7) is 4.11. The van der Waals surface area contributed by atoms with Crippen LogP contribution in [0.5, 0.6) is 5.75 Å². The number of allylic oxidation sites excluding steroid dienone is 2. The third-order valence-electron chi connectivity index (χ3n) is 6.90. The van der Waals surface area contributed by atoms with E-state index in [4.69, 9.17) is 4.74 Å². The van der Waals surface area contributed by atoms with Crippen molar-refractivity contribution in [2.45, 2.75) is 26.3 Å². The number of imide groups is 1. The molecular formula is C22H24N2O4. The van der Waals surface area contributed by atoms with Crippen molar-refractivity contribution in [1.29, 1.82) is 0 Å². The average molecular weight is 380 g/mol. The molecule has 3 fully saturated rings. The summed E-state index contributed by atoms with van der Waals surface area (Å²) in [5.74, 6) is 0.939. The Bertz CT molecular complexity index is 841. The van der Waals surface area contributed by atoms with Crippen molar-refractivity contribution >= 4 is 23.4 Å². The monoisotopic (exact) mass is 380 g/mol. The molecule has 1 aromatic carbocycles. The maximum atomic E-state index is 13.1. The summed E-state index contributed by atoms with van der Waals surface area (Å²) in [4.78, 5) is 40.2. The van der Waals surface area contributed by atoms with Crippen LogP contribution in [0.4, 0.5) is 5.69 Å². The molecule has 2 saturated carbocycles. The minimum Gasteiger partial charge on any atom is -0.494 e. The van der Waals surface area contributed by atoms with Crippen LogP contribution in [0.25, 0.3) is 0 Å². The Hall–Kier alpha value is -2.63. The van der Waals surface area contributed by atoms with Gasteiger partial charge < -0.3 is 10.1 Å². The largest absolute Gasteiger partial charge is 0.494 e. The van der Waals surface area contributed by atoms with Crippen LogP contribution in [0.15, 0.2) is 36.4 Å². The van der Waals surface area contributed by atoms with Crippen molar-refractivity contribution in [3.63, 3.8) is 0 Å². The van der Waals surface area contributed by atoms with E-state index in [1.807, 2.05) is 6.92 Å². The third-order valence-corrected chi connectivity index (χ3v) is 6.90. The van der Waals surface area contributed by atoms with Gasteiger partial charge >= 0.3 is 0 Å². The number of carbonyl (C=O) groups is 3. The van der Waals surface area contributed by atoms with E-state index in [1.54, 1.807) is 31.2 Å². The molecule has 6 rings (SSSR count). The molecule has 0 radical (unpaired) electrons. The molecule has 28 heavy (non-hydrogen) atoms. The van der Waals surface area contributed by atoms with Gasteiger partial charge in [0.2, 0.25) is 17.7 Å². The van der Waals surface area contributed by atoms with Gasteiger partial charge in [0.15, 0.2) is 0 Å². The summed E-state index contributed by atoms with van der Waals surface area (Å²) in [5.41, 5.74) is 0.611. The van der Waals surface area contributed by atoms with E-state index in [0.29, 0.717) is 24.1 Å². The summed E-state index contributed by atoms with van der Waals surface area (Å²) in [7, 11) is 0. The lowest BCUT2D eigenvalue weighted by Gasteiger charge is -2.37. The molecule has 6 heteroatoms. The predicted octanol–water partition coefficient (Wildman–Crippen LogP) is 2.47. The van der Waals surface area contributed by atoms with Crippen molar-refractivity contribution in [1.82, 2.24) is 4.90 Å². The average Bonchev–Trinajstić information content (AvgIpc) is 3.47. The zero-order valence-corrected chi connectivity index (χ0v) is 16.0. The number of benzene rings is 1. The van der Waals surface area contributed by atoms with Crippen LogP contribution in [0.1, 0.15) is 20.3 Å². The lowest BCUT2D eigenvalue weighted by atomic mass is 9.63. The van der Waals surface area contributed by atoms with E-state index >= 15 is 0 Å². The van der Waals surface area contributed by atoms with E-state index in [2.05, 4.69) is 17.5 Å². The number of likely N-dealkylation sites (tertiary alicyclic amines) is 1. The number of rotatable bonds is 5. The molecule has 1 saturated heterocycles. The second-order valence-electron chi connectivity index (χ2n) is 8.32. The molecule has 1 aromatic rings. The van der Waals surface area contributed by atoms with Crippen molar-refractivity contribution in [3.8, 4) is 5.75 Å². The van der Waals surface area contributed by atoms with Gasteiger partial charge in [-0.3, -0.25) is 19.3 Å². The van der Waals surface area contributed by atoms with Crippen LogP contribution in [0.2, 0.25) is 0 Å². The minimum absolute atomic E-state index is 0.169. The first-order valence-corrected chi connectivity index (χ1v) is 10.1. The number of nitrogens with one attached hydrogen (secondary N) is 1. The van der Waals surface area contributed by atoms with Crippen LogP contribution in [0.3, 0.4) is 0 Å². The number of ether oxygens (including phenoxy) is 1. The Labute approximate surface area is 163 Å². The maximum Gasteiger partial charge on any atom is 0.247 e. The van der Waals surface area contributed by atoms with Crippen LogP contribution in [-0.2, 0) is 14.4 Å². The molecule has 5 aliphatic rings. The van der Waals surface area contributed by atoms with Gasteiger partial charge in [0.25, 0.3) is 0 Å². The van der Waals surface area contributed by atoms with E-state index in [-0.39, 0.29) is 41.4 Å². The molecule has 0 spiro atoms. The summed E-state index contributed by atoms with van der Waals surface area (Å²) in [6.07, 6.45) is 5.41. The summed E-state index contributed by atoms with van der Waals surface area (Å²) in [5, 5.41) is 2.81. The number of carbonyl (C=O) groups excluding carboxylic acids is 3. The molecule has 6 nitrogen and oxygen atoms in total. The molecule has 1 N–H and O–H groups in total. The van der Waals surface area contributed by atoms with Gasteiger partial charge in [-0.05, 0) is 68.2 Å². The number of hydrogen-bond donors (Lipinski definition) is 1. The van der Waals surface area contributed by atoms with Crippen LogP contribution >= 0.6 is 0 Å². The molecule has 4 aliphatic carbocycles. The highest BCUT2D eigenvalue weighted by Crippen LogP contribution is 2.65. The molecule has 3 amide bonds. The fourth-order valence-electron chi connectivity index (χ4n) is 5.53. The van der Waals surface area contributed by atoms with E-state index in [0.717, 1.165) is 12.2 Å². The number of anilines is 1. The number of nitrogens with zero attached hydrogens (tertiary/aromatic N) is 1. The zero-order valence-electron chi connectivity index (χ0n) is 16.0. The molecule has 0 aromatic heterocycles. The first kappa shape index (κ1) is 17.5. The summed E-state index contributed by atoms with van der Waals surface area (Å²) in [6, 6.07) is 6.23. The number of amides is 3. The lowest BCUT2D eigenvalue weighted by molar-refractivity contribution is -0.146. The molecule has 1 heterocycles. The van der Waals surface area contributed by atoms with Gasteiger partial charge in [0, 0.05) is 5.69 Å². The highest BCUT2D eigenvalue weighted by atomic mass is 16.5. The quantitative estimate of drug-likeness (QED) is 0.629. The van der Waals surface area contributed by atoms with Crippen LogP contribution in [-0.4, -0.2) is 35.3 Å². The summed E-state index contributed by atoms with van der Waals surface area (Å²) >= 11 is 0. The smallest absolute Gasteiger partial charge is 0.247 e. The van der Waals surface area contributed by atoms with Gasteiger partial charge in [-0.2, -0.15) is 0 Å². The first-order valence-electron chi connectivity index (χ1n) is 10.1. The maximum absolute atomic E-state index is 13.1. The second kappa shape index (κ2) is 6.19. The standard InChI is InChI=1S/C22H24N2O4/c1-3-28-13-6-4-12(5-7-13)23-20(25)11(2)24-21(26)18-14-8-9-15(17-10-16(14)17)19(18)22(24)27/h4-9,11,14-19H,3,10H2,1-2H3,(H,23,25)/t11-,14-,15-,16-,17+,18-,19+/m0/s1. The second-order valence-corrected chi connectivity index (χ2v) is 8.32. The molecule has 0 unspecified atom stereocenters. The van der Waals surface area contributed by atoms with Gasteiger partial charge in [-0.25, -0.2) is 0 Å². The molecule has 2 bridgehead atoms. The topological polar surface area (TPSA) is 75.7 Å².